The first-order valence-corrected chi connectivity index (χ1v) is 9.61. The number of amides is 1. The zero-order valence-corrected chi connectivity index (χ0v) is 16.8. The van der Waals surface area contributed by atoms with Gasteiger partial charge in [-0.15, -0.1) is 12.4 Å². The number of nitrogens with one attached hydrogen (secondary N) is 2. The third-order valence-corrected chi connectivity index (χ3v) is 5.23. The molecule has 0 aliphatic rings. The van der Waals surface area contributed by atoms with Gasteiger partial charge < -0.3 is 15.8 Å². The Bertz CT molecular complexity index is 871. The zero-order chi connectivity index (χ0) is 19.2. The summed E-state index contributed by atoms with van der Waals surface area (Å²) in [7, 11) is -2.26. The lowest BCUT2D eigenvalue weighted by Gasteiger charge is -2.13. The molecule has 0 saturated heterocycles. The first-order chi connectivity index (χ1) is 12.4. The lowest BCUT2D eigenvalue weighted by molar-refractivity contribution is -0.116. The molecule has 0 heterocycles. The summed E-state index contributed by atoms with van der Waals surface area (Å²) in [5.74, 6) is 0.428. The Balaban J connectivity index is 0.00000364. The molecule has 27 heavy (non-hydrogen) atoms. The maximum atomic E-state index is 12.7. The summed E-state index contributed by atoms with van der Waals surface area (Å²) in [6.45, 7) is 2.12. The number of nitrogens with two attached hydrogens (primary N) is 1. The first kappa shape index (κ1) is 22.8. The van der Waals surface area contributed by atoms with Crippen LogP contribution in [-0.2, 0) is 14.8 Å². The van der Waals surface area contributed by atoms with Gasteiger partial charge in [0.05, 0.1) is 12.0 Å². The second kappa shape index (κ2) is 10.1. The van der Waals surface area contributed by atoms with Crippen LogP contribution in [0.2, 0.25) is 0 Å². The van der Waals surface area contributed by atoms with Crippen molar-refractivity contribution in [2.24, 2.45) is 5.73 Å². The maximum Gasteiger partial charge on any atom is 0.262 e. The smallest absolute Gasteiger partial charge is 0.262 e. The number of anilines is 2. The van der Waals surface area contributed by atoms with Gasteiger partial charge in [0.2, 0.25) is 5.91 Å². The van der Waals surface area contributed by atoms with Gasteiger partial charge in [-0.05, 0) is 61.9 Å². The standard InChI is InChI=1S/C18H23N3O4S.ClH/c1-13-5-6-15(20-18(22)4-3-11-19)12-17(13)26(23,24)21-14-7-9-16(25-2)10-8-14;/h5-10,12,21H,3-4,11,19H2,1-2H3,(H,20,22);1H. The predicted molar refractivity (Wildman–Crippen MR) is 109 cm³/mol. The van der Waals surface area contributed by atoms with Crippen LogP contribution < -0.4 is 20.5 Å². The highest BCUT2D eigenvalue weighted by molar-refractivity contribution is 7.92. The van der Waals surface area contributed by atoms with Crippen molar-refractivity contribution >= 4 is 39.7 Å². The Morgan fingerprint density at radius 3 is 2.33 bits per heavy atom. The molecule has 0 unspecified atom stereocenters. The fourth-order valence-corrected chi connectivity index (χ4v) is 3.65. The molecule has 0 atom stereocenters. The van der Waals surface area contributed by atoms with Gasteiger partial charge in [0.1, 0.15) is 5.75 Å². The van der Waals surface area contributed by atoms with E-state index in [1.807, 2.05) is 0 Å². The predicted octanol–water partition coefficient (Wildman–Crippen LogP) is 2.90. The molecule has 9 heteroatoms. The quantitative estimate of drug-likeness (QED) is 0.616. The van der Waals surface area contributed by atoms with Crippen LogP contribution in [0, 0.1) is 6.92 Å². The number of carbonyl (C=O) groups excluding carboxylic acids is 1. The van der Waals surface area contributed by atoms with E-state index in [1.54, 1.807) is 43.3 Å². The molecule has 7 nitrogen and oxygen atoms in total. The number of benzene rings is 2. The maximum absolute atomic E-state index is 12.7. The number of sulfonamides is 1. The summed E-state index contributed by atoms with van der Waals surface area (Å²) in [4.78, 5) is 11.9. The number of methoxy groups -OCH3 is 1. The SMILES string of the molecule is COc1ccc(NS(=O)(=O)c2cc(NC(=O)CCCN)ccc2C)cc1.Cl. The van der Waals surface area contributed by atoms with Crippen molar-refractivity contribution in [2.45, 2.75) is 24.7 Å². The second-order valence-electron chi connectivity index (χ2n) is 5.75. The van der Waals surface area contributed by atoms with Gasteiger partial charge in [-0.1, -0.05) is 6.07 Å². The van der Waals surface area contributed by atoms with Crippen molar-refractivity contribution in [2.75, 3.05) is 23.7 Å². The molecule has 0 fully saturated rings. The fourth-order valence-electron chi connectivity index (χ4n) is 2.32. The average Bonchev–Trinajstić information content (AvgIpc) is 2.61. The van der Waals surface area contributed by atoms with E-state index in [-0.39, 0.29) is 29.6 Å². The summed E-state index contributed by atoms with van der Waals surface area (Å²) in [6.07, 6.45) is 0.860. The monoisotopic (exact) mass is 413 g/mol. The van der Waals surface area contributed by atoms with Crippen LogP contribution in [0.15, 0.2) is 47.4 Å². The Morgan fingerprint density at radius 2 is 1.74 bits per heavy atom. The lowest BCUT2D eigenvalue weighted by atomic mass is 10.2. The Labute approximate surface area is 165 Å². The van der Waals surface area contributed by atoms with Gasteiger partial charge in [-0.3, -0.25) is 9.52 Å². The van der Waals surface area contributed by atoms with E-state index in [2.05, 4.69) is 10.0 Å². The molecule has 0 saturated carbocycles. The number of rotatable bonds is 8. The summed E-state index contributed by atoms with van der Waals surface area (Å²) in [5.41, 5.74) is 6.81. The van der Waals surface area contributed by atoms with Crippen molar-refractivity contribution in [1.29, 1.82) is 0 Å². The van der Waals surface area contributed by atoms with Crippen molar-refractivity contribution in [3.8, 4) is 5.75 Å². The molecule has 0 bridgehead atoms. The van der Waals surface area contributed by atoms with Crippen molar-refractivity contribution in [1.82, 2.24) is 0 Å². The minimum absolute atomic E-state index is 0. The summed E-state index contributed by atoms with van der Waals surface area (Å²) >= 11 is 0. The largest absolute Gasteiger partial charge is 0.497 e. The third-order valence-electron chi connectivity index (χ3n) is 3.71. The molecule has 2 rings (SSSR count). The van der Waals surface area contributed by atoms with Crippen LogP contribution in [0.25, 0.3) is 0 Å². The molecule has 1 amide bonds. The van der Waals surface area contributed by atoms with Crippen LogP contribution in [0.4, 0.5) is 11.4 Å². The second-order valence-corrected chi connectivity index (χ2v) is 7.41. The molecule has 0 aliphatic heterocycles. The molecule has 4 N–H and O–H groups in total. The Hall–Kier alpha value is -2.29. The molecule has 0 radical (unpaired) electrons. The van der Waals surface area contributed by atoms with Gasteiger partial charge in [0.25, 0.3) is 10.0 Å². The Kier molecular flexibility index (Phi) is 8.55. The lowest BCUT2D eigenvalue weighted by Crippen LogP contribution is -2.16. The summed E-state index contributed by atoms with van der Waals surface area (Å²) < 4.78 is 33.0. The van der Waals surface area contributed by atoms with Crippen molar-refractivity contribution < 1.29 is 17.9 Å². The topological polar surface area (TPSA) is 111 Å². The van der Waals surface area contributed by atoms with Gasteiger partial charge in [0, 0.05) is 17.8 Å². The van der Waals surface area contributed by atoms with E-state index in [0.717, 1.165) is 0 Å². The minimum atomic E-state index is -3.80. The van der Waals surface area contributed by atoms with E-state index < -0.39 is 10.0 Å². The average molecular weight is 414 g/mol. The normalized spacial score (nSPS) is 10.6. The summed E-state index contributed by atoms with van der Waals surface area (Å²) in [5, 5.41) is 2.69. The van der Waals surface area contributed by atoms with Crippen LogP contribution in [0.3, 0.4) is 0 Å². The first-order valence-electron chi connectivity index (χ1n) is 8.13. The zero-order valence-electron chi connectivity index (χ0n) is 15.2. The molecule has 2 aromatic rings. The van der Waals surface area contributed by atoms with E-state index in [0.29, 0.717) is 35.7 Å². The highest BCUT2D eigenvalue weighted by atomic mass is 35.5. The third kappa shape index (κ3) is 6.42. The number of ether oxygens (including phenoxy) is 1. The molecule has 0 aromatic heterocycles. The number of carbonyl (C=O) groups is 1. The Morgan fingerprint density at radius 1 is 1.11 bits per heavy atom. The van der Waals surface area contributed by atoms with E-state index in [4.69, 9.17) is 10.5 Å². The van der Waals surface area contributed by atoms with Crippen LogP contribution >= 0.6 is 12.4 Å². The number of aryl methyl sites for hydroxylation is 1. The van der Waals surface area contributed by atoms with Crippen molar-refractivity contribution in [3.63, 3.8) is 0 Å². The minimum Gasteiger partial charge on any atom is -0.497 e. The van der Waals surface area contributed by atoms with Crippen LogP contribution in [0.1, 0.15) is 18.4 Å². The van der Waals surface area contributed by atoms with Gasteiger partial charge in [-0.2, -0.15) is 0 Å². The molecule has 2 aromatic carbocycles. The molecule has 148 valence electrons. The number of hydrogen-bond donors (Lipinski definition) is 3. The van der Waals surface area contributed by atoms with Gasteiger partial charge >= 0.3 is 0 Å². The summed E-state index contributed by atoms with van der Waals surface area (Å²) in [6, 6.07) is 11.3. The van der Waals surface area contributed by atoms with E-state index in [9.17, 15) is 13.2 Å². The molecular formula is C18H24ClN3O4S. The highest BCUT2D eigenvalue weighted by Crippen LogP contribution is 2.24. The van der Waals surface area contributed by atoms with Crippen molar-refractivity contribution in [3.05, 3.63) is 48.0 Å². The number of hydrogen-bond acceptors (Lipinski definition) is 5. The highest BCUT2D eigenvalue weighted by Gasteiger charge is 2.18. The fraction of sp³-hybridized carbons (Fsp3) is 0.278. The van der Waals surface area contributed by atoms with E-state index >= 15 is 0 Å². The van der Waals surface area contributed by atoms with Gasteiger partial charge in [-0.25, -0.2) is 8.42 Å². The molecule has 0 spiro atoms. The molecule has 0 aliphatic carbocycles. The van der Waals surface area contributed by atoms with Gasteiger partial charge in [0.15, 0.2) is 0 Å². The molecular weight excluding hydrogens is 390 g/mol. The van der Waals surface area contributed by atoms with E-state index in [1.165, 1.54) is 13.2 Å². The van der Waals surface area contributed by atoms with Crippen LogP contribution in [0.5, 0.6) is 5.75 Å². The number of halogens is 1. The van der Waals surface area contributed by atoms with Crippen LogP contribution in [-0.4, -0.2) is 28.0 Å².